The van der Waals surface area contributed by atoms with Crippen LogP contribution in [0.2, 0.25) is 0 Å². The van der Waals surface area contributed by atoms with Crippen molar-refractivity contribution in [2.24, 2.45) is 5.92 Å². The van der Waals surface area contributed by atoms with Crippen molar-refractivity contribution in [3.8, 4) is 5.82 Å². The minimum absolute atomic E-state index is 0.135. The molecule has 0 spiro atoms. The third kappa shape index (κ3) is 4.41. The topological polar surface area (TPSA) is 59.8 Å². The number of carbonyl (C=O) groups excluding carboxylic acids is 1. The van der Waals surface area contributed by atoms with Gasteiger partial charge in [-0.1, -0.05) is 38.2 Å². The number of nitrogens with zero attached hydrogens (tertiary/aromatic N) is 3. The Labute approximate surface area is 137 Å². The first-order chi connectivity index (χ1) is 11.3. The zero-order valence-electron chi connectivity index (χ0n) is 13.4. The van der Waals surface area contributed by atoms with Crippen LogP contribution in [0.25, 0.3) is 5.82 Å². The first-order valence-electron chi connectivity index (χ1n) is 8.52. The molecule has 0 aliphatic heterocycles. The fraction of sp³-hybridized carbons (Fsp3) is 0.500. The van der Waals surface area contributed by atoms with Crippen LogP contribution in [0.3, 0.4) is 0 Å². The molecule has 0 radical (unpaired) electrons. The van der Waals surface area contributed by atoms with E-state index in [1.165, 1.54) is 32.1 Å². The smallest absolute Gasteiger partial charge is 0.220 e. The van der Waals surface area contributed by atoms with Crippen molar-refractivity contribution in [2.75, 3.05) is 0 Å². The first kappa shape index (κ1) is 15.7. The molecule has 5 heteroatoms. The van der Waals surface area contributed by atoms with Gasteiger partial charge in [-0.2, -0.15) is 0 Å². The standard InChI is InChI=1S/C18H24N4O/c23-17(9-8-15-5-2-1-3-6-15)21-13-16-7-4-10-20-18(16)22-12-11-19-14-22/h4,7,10-12,14-15H,1-3,5-6,8-9,13H2,(H,21,23). The number of hydrogen-bond acceptors (Lipinski definition) is 3. The van der Waals surface area contributed by atoms with Crippen LogP contribution in [-0.2, 0) is 11.3 Å². The van der Waals surface area contributed by atoms with Gasteiger partial charge in [-0.05, 0) is 18.4 Å². The Balaban J connectivity index is 1.51. The molecule has 2 aromatic rings. The molecule has 1 aliphatic rings. The average Bonchev–Trinajstić information content (AvgIpc) is 3.14. The van der Waals surface area contributed by atoms with E-state index in [4.69, 9.17) is 0 Å². The molecular weight excluding hydrogens is 288 g/mol. The highest BCUT2D eigenvalue weighted by molar-refractivity contribution is 5.75. The molecule has 1 N–H and O–H groups in total. The van der Waals surface area contributed by atoms with Gasteiger partial charge in [-0.25, -0.2) is 9.97 Å². The Kier molecular flexibility index (Phi) is 5.40. The van der Waals surface area contributed by atoms with Crippen LogP contribution in [0.15, 0.2) is 37.1 Å². The van der Waals surface area contributed by atoms with Gasteiger partial charge in [0.2, 0.25) is 5.91 Å². The number of amides is 1. The molecule has 122 valence electrons. The van der Waals surface area contributed by atoms with Gasteiger partial charge < -0.3 is 5.32 Å². The van der Waals surface area contributed by atoms with Crippen molar-refractivity contribution in [3.05, 3.63) is 42.6 Å². The number of nitrogens with one attached hydrogen (secondary N) is 1. The van der Waals surface area contributed by atoms with Crippen LogP contribution in [0, 0.1) is 5.92 Å². The molecule has 0 aromatic carbocycles. The molecule has 0 bridgehead atoms. The van der Waals surface area contributed by atoms with Crippen LogP contribution < -0.4 is 5.32 Å². The van der Waals surface area contributed by atoms with E-state index in [0.717, 1.165) is 23.7 Å². The van der Waals surface area contributed by atoms with Crippen LogP contribution >= 0.6 is 0 Å². The lowest BCUT2D eigenvalue weighted by molar-refractivity contribution is -0.121. The number of rotatable bonds is 6. The molecule has 5 nitrogen and oxygen atoms in total. The monoisotopic (exact) mass is 312 g/mol. The van der Waals surface area contributed by atoms with Gasteiger partial charge in [-0.3, -0.25) is 9.36 Å². The molecule has 1 saturated carbocycles. The van der Waals surface area contributed by atoms with Gasteiger partial charge in [0.05, 0.1) is 0 Å². The van der Waals surface area contributed by atoms with E-state index in [1.54, 1.807) is 18.7 Å². The third-order valence-corrected chi connectivity index (χ3v) is 4.60. The van der Waals surface area contributed by atoms with Gasteiger partial charge >= 0.3 is 0 Å². The summed E-state index contributed by atoms with van der Waals surface area (Å²) in [5.41, 5.74) is 0.997. The predicted molar refractivity (Wildman–Crippen MR) is 89.0 cm³/mol. The van der Waals surface area contributed by atoms with Gasteiger partial charge in [0.1, 0.15) is 12.1 Å². The van der Waals surface area contributed by atoms with E-state index in [2.05, 4.69) is 15.3 Å². The molecule has 1 fully saturated rings. The molecule has 2 heterocycles. The molecule has 3 rings (SSSR count). The first-order valence-corrected chi connectivity index (χ1v) is 8.52. The molecule has 2 aromatic heterocycles. The lowest BCUT2D eigenvalue weighted by Crippen LogP contribution is -2.24. The SMILES string of the molecule is O=C(CCC1CCCCC1)NCc1cccnc1-n1ccnc1. The van der Waals surface area contributed by atoms with Gasteiger partial charge in [0, 0.05) is 37.1 Å². The Morgan fingerprint density at radius 3 is 2.91 bits per heavy atom. The number of imidazole rings is 1. The van der Waals surface area contributed by atoms with Crippen molar-refractivity contribution in [3.63, 3.8) is 0 Å². The molecule has 0 saturated heterocycles. The minimum atomic E-state index is 0.135. The highest BCUT2D eigenvalue weighted by atomic mass is 16.1. The Bertz CT molecular complexity index is 618. The summed E-state index contributed by atoms with van der Waals surface area (Å²) in [6.45, 7) is 0.505. The van der Waals surface area contributed by atoms with Gasteiger partial charge in [-0.15, -0.1) is 0 Å². The summed E-state index contributed by atoms with van der Waals surface area (Å²) in [6, 6.07) is 3.88. The largest absolute Gasteiger partial charge is 0.352 e. The summed E-state index contributed by atoms with van der Waals surface area (Å²) in [7, 11) is 0. The van der Waals surface area contributed by atoms with Crippen molar-refractivity contribution >= 4 is 5.91 Å². The maximum atomic E-state index is 12.1. The number of aromatic nitrogens is 3. The van der Waals surface area contributed by atoms with E-state index >= 15 is 0 Å². The summed E-state index contributed by atoms with van der Waals surface area (Å²) in [6.07, 6.45) is 15.3. The van der Waals surface area contributed by atoms with Crippen molar-refractivity contribution in [1.82, 2.24) is 19.9 Å². The van der Waals surface area contributed by atoms with E-state index in [1.807, 2.05) is 22.9 Å². The lowest BCUT2D eigenvalue weighted by Gasteiger charge is -2.21. The fourth-order valence-corrected chi connectivity index (χ4v) is 3.28. The van der Waals surface area contributed by atoms with E-state index in [9.17, 15) is 4.79 Å². The molecule has 1 aliphatic carbocycles. The predicted octanol–water partition coefficient (Wildman–Crippen LogP) is 3.24. The summed E-state index contributed by atoms with van der Waals surface area (Å²) in [5.74, 6) is 1.70. The Morgan fingerprint density at radius 2 is 2.13 bits per heavy atom. The molecule has 23 heavy (non-hydrogen) atoms. The van der Waals surface area contributed by atoms with Gasteiger partial charge in [0.15, 0.2) is 0 Å². The molecular formula is C18H24N4O. The van der Waals surface area contributed by atoms with E-state index in [0.29, 0.717) is 13.0 Å². The van der Waals surface area contributed by atoms with E-state index in [-0.39, 0.29) is 5.91 Å². The minimum Gasteiger partial charge on any atom is -0.352 e. The highest BCUT2D eigenvalue weighted by Crippen LogP contribution is 2.27. The lowest BCUT2D eigenvalue weighted by atomic mass is 9.86. The quantitative estimate of drug-likeness (QED) is 0.890. The zero-order chi connectivity index (χ0) is 15.9. The van der Waals surface area contributed by atoms with Crippen LogP contribution in [0.4, 0.5) is 0 Å². The van der Waals surface area contributed by atoms with Crippen molar-refractivity contribution in [1.29, 1.82) is 0 Å². The maximum absolute atomic E-state index is 12.1. The van der Waals surface area contributed by atoms with Crippen LogP contribution in [-0.4, -0.2) is 20.4 Å². The normalized spacial score (nSPS) is 15.5. The number of hydrogen-bond donors (Lipinski definition) is 1. The number of pyridine rings is 1. The third-order valence-electron chi connectivity index (χ3n) is 4.60. The summed E-state index contributed by atoms with van der Waals surface area (Å²) in [5, 5.41) is 3.03. The maximum Gasteiger partial charge on any atom is 0.220 e. The second-order valence-electron chi connectivity index (χ2n) is 6.28. The Morgan fingerprint density at radius 1 is 1.26 bits per heavy atom. The zero-order valence-corrected chi connectivity index (χ0v) is 13.4. The second kappa shape index (κ2) is 7.90. The van der Waals surface area contributed by atoms with Crippen LogP contribution in [0.5, 0.6) is 0 Å². The second-order valence-corrected chi connectivity index (χ2v) is 6.28. The van der Waals surface area contributed by atoms with Crippen molar-refractivity contribution in [2.45, 2.75) is 51.5 Å². The van der Waals surface area contributed by atoms with E-state index < -0.39 is 0 Å². The number of carbonyl (C=O) groups is 1. The highest BCUT2D eigenvalue weighted by Gasteiger charge is 2.15. The van der Waals surface area contributed by atoms with Gasteiger partial charge in [0.25, 0.3) is 0 Å². The summed E-state index contributed by atoms with van der Waals surface area (Å²) >= 11 is 0. The molecule has 1 amide bonds. The summed E-state index contributed by atoms with van der Waals surface area (Å²) in [4.78, 5) is 20.5. The average molecular weight is 312 g/mol. The summed E-state index contributed by atoms with van der Waals surface area (Å²) < 4.78 is 1.86. The Hall–Kier alpha value is -2.17. The molecule has 0 unspecified atom stereocenters. The molecule has 0 atom stereocenters. The fourth-order valence-electron chi connectivity index (χ4n) is 3.28. The van der Waals surface area contributed by atoms with Crippen molar-refractivity contribution < 1.29 is 4.79 Å². The van der Waals surface area contributed by atoms with Crippen LogP contribution in [0.1, 0.15) is 50.5 Å².